The molecule has 1 aromatic heterocycles. The predicted molar refractivity (Wildman–Crippen MR) is 51.2 cm³/mol. The van der Waals surface area contributed by atoms with Crippen LogP contribution in [0.1, 0.15) is 24.0 Å². The van der Waals surface area contributed by atoms with Gasteiger partial charge in [-0.25, -0.2) is 0 Å². The highest BCUT2D eigenvalue weighted by Crippen LogP contribution is 2.19. The molecule has 0 amide bonds. The molecule has 11 heavy (non-hydrogen) atoms. The van der Waals surface area contributed by atoms with Gasteiger partial charge in [0.05, 0.1) is 0 Å². The van der Waals surface area contributed by atoms with Gasteiger partial charge in [0, 0.05) is 17.7 Å². The Labute approximate surface area is 76.0 Å². The molecule has 0 radical (unpaired) electrons. The summed E-state index contributed by atoms with van der Waals surface area (Å²) >= 11 is 3.47. The standard InChI is InChI=1S/C9H12BrN/c1-7(5-10)9-3-4-11-6-8(9)2/h3-4,6-7H,5H2,1-2H3. The molecule has 0 N–H and O–H groups in total. The van der Waals surface area contributed by atoms with E-state index in [1.807, 2.05) is 12.4 Å². The first-order chi connectivity index (χ1) is 5.25. The van der Waals surface area contributed by atoms with Crippen LogP contribution in [0.3, 0.4) is 0 Å². The molecular formula is C9H12BrN. The average Bonchev–Trinajstić information content (AvgIpc) is 2.04. The summed E-state index contributed by atoms with van der Waals surface area (Å²) in [6.07, 6.45) is 3.76. The Morgan fingerprint density at radius 2 is 2.36 bits per heavy atom. The van der Waals surface area contributed by atoms with Crippen molar-refractivity contribution in [1.82, 2.24) is 4.98 Å². The van der Waals surface area contributed by atoms with Crippen LogP contribution in [0.15, 0.2) is 18.5 Å². The van der Waals surface area contributed by atoms with E-state index < -0.39 is 0 Å². The van der Waals surface area contributed by atoms with Crippen molar-refractivity contribution < 1.29 is 0 Å². The summed E-state index contributed by atoms with van der Waals surface area (Å²) in [5, 5.41) is 1.01. The van der Waals surface area contributed by atoms with Crippen molar-refractivity contribution in [1.29, 1.82) is 0 Å². The summed E-state index contributed by atoms with van der Waals surface area (Å²) in [4.78, 5) is 4.05. The molecule has 0 aromatic carbocycles. The molecule has 1 atom stereocenters. The minimum Gasteiger partial charge on any atom is -0.264 e. The summed E-state index contributed by atoms with van der Waals surface area (Å²) < 4.78 is 0. The molecular weight excluding hydrogens is 202 g/mol. The molecule has 0 aliphatic carbocycles. The average molecular weight is 214 g/mol. The minimum absolute atomic E-state index is 0.581. The lowest BCUT2D eigenvalue weighted by molar-refractivity contribution is 0.871. The number of alkyl halides is 1. The van der Waals surface area contributed by atoms with Crippen LogP contribution in [0, 0.1) is 6.92 Å². The molecule has 1 rings (SSSR count). The second-order valence-corrected chi connectivity index (χ2v) is 3.44. The highest BCUT2D eigenvalue weighted by molar-refractivity contribution is 9.09. The lowest BCUT2D eigenvalue weighted by Gasteiger charge is -2.09. The van der Waals surface area contributed by atoms with Gasteiger partial charge in [-0.05, 0) is 30.0 Å². The van der Waals surface area contributed by atoms with Crippen LogP contribution in [-0.4, -0.2) is 10.3 Å². The Hall–Kier alpha value is -0.370. The molecule has 60 valence electrons. The largest absolute Gasteiger partial charge is 0.264 e. The van der Waals surface area contributed by atoms with Gasteiger partial charge in [-0.15, -0.1) is 0 Å². The first-order valence-electron chi connectivity index (χ1n) is 3.72. The van der Waals surface area contributed by atoms with Gasteiger partial charge in [-0.1, -0.05) is 22.9 Å². The van der Waals surface area contributed by atoms with E-state index in [2.05, 4.69) is 40.8 Å². The zero-order valence-electron chi connectivity index (χ0n) is 6.84. The lowest BCUT2D eigenvalue weighted by Crippen LogP contribution is -1.97. The third-order valence-corrected chi connectivity index (χ3v) is 2.80. The van der Waals surface area contributed by atoms with Gasteiger partial charge in [-0.3, -0.25) is 4.98 Å². The molecule has 0 fully saturated rings. The third-order valence-electron chi connectivity index (χ3n) is 1.83. The van der Waals surface area contributed by atoms with E-state index >= 15 is 0 Å². The summed E-state index contributed by atoms with van der Waals surface area (Å²) in [5.74, 6) is 0.581. The highest BCUT2D eigenvalue weighted by Gasteiger charge is 2.05. The maximum absolute atomic E-state index is 4.05. The van der Waals surface area contributed by atoms with Gasteiger partial charge < -0.3 is 0 Å². The quantitative estimate of drug-likeness (QED) is 0.689. The van der Waals surface area contributed by atoms with E-state index in [-0.39, 0.29) is 0 Å². The maximum Gasteiger partial charge on any atom is 0.0299 e. The normalized spacial score (nSPS) is 13.0. The molecule has 1 unspecified atom stereocenters. The molecule has 0 bridgehead atoms. The van der Waals surface area contributed by atoms with Gasteiger partial charge in [0.15, 0.2) is 0 Å². The summed E-state index contributed by atoms with van der Waals surface area (Å²) in [6.45, 7) is 4.30. The van der Waals surface area contributed by atoms with Crippen molar-refractivity contribution >= 4 is 15.9 Å². The minimum atomic E-state index is 0.581. The van der Waals surface area contributed by atoms with Crippen molar-refractivity contribution in [2.45, 2.75) is 19.8 Å². The van der Waals surface area contributed by atoms with Gasteiger partial charge in [0.25, 0.3) is 0 Å². The van der Waals surface area contributed by atoms with Crippen molar-refractivity contribution in [3.8, 4) is 0 Å². The number of halogens is 1. The van der Waals surface area contributed by atoms with Crippen LogP contribution in [0.2, 0.25) is 0 Å². The molecule has 1 nitrogen and oxygen atoms in total. The Balaban J connectivity index is 2.93. The fourth-order valence-electron chi connectivity index (χ4n) is 1.12. The second kappa shape index (κ2) is 3.86. The number of aromatic nitrogens is 1. The van der Waals surface area contributed by atoms with E-state index in [9.17, 15) is 0 Å². The first-order valence-corrected chi connectivity index (χ1v) is 4.84. The molecule has 0 saturated heterocycles. The predicted octanol–water partition coefficient (Wildman–Crippen LogP) is 2.89. The van der Waals surface area contributed by atoms with E-state index in [0.29, 0.717) is 5.92 Å². The number of hydrogen-bond acceptors (Lipinski definition) is 1. The Kier molecular flexibility index (Phi) is 3.06. The maximum atomic E-state index is 4.05. The Bertz CT molecular complexity index is 235. The van der Waals surface area contributed by atoms with Gasteiger partial charge in [-0.2, -0.15) is 0 Å². The fourth-order valence-corrected chi connectivity index (χ4v) is 1.47. The molecule has 0 aliphatic rings. The monoisotopic (exact) mass is 213 g/mol. The number of aryl methyl sites for hydroxylation is 1. The van der Waals surface area contributed by atoms with E-state index in [0.717, 1.165) is 5.33 Å². The van der Waals surface area contributed by atoms with Crippen LogP contribution in [0.5, 0.6) is 0 Å². The van der Waals surface area contributed by atoms with Gasteiger partial charge in [0.1, 0.15) is 0 Å². The Morgan fingerprint density at radius 3 is 2.91 bits per heavy atom. The second-order valence-electron chi connectivity index (χ2n) is 2.79. The summed E-state index contributed by atoms with van der Waals surface area (Å²) in [7, 11) is 0. The summed E-state index contributed by atoms with van der Waals surface area (Å²) in [5.41, 5.74) is 2.66. The highest BCUT2D eigenvalue weighted by atomic mass is 79.9. The van der Waals surface area contributed by atoms with Crippen molar-refractivity contribution in [3.05, 3.63) is 29.6 Å². The number of nitrogens with zero attached hydrogens (tertiary/aromatic N) is 1. The van der Waals surface area contributed by atoms with E-state index in [1.54, 1.807) is 0 Å². The number of pyridine rings is 1. The lowest BCUT2D eigenvalue weighted by atomic mass is 10.0. The SMILES string of the molecule is Cc1cnccc1C(C)CBr. The van der Waals surface area contributed by atoms with Crippen LogP contribution in [-0.2, 0) is 0 Å². The first kappa shape index (κ1) is 8.72. The van der Waals surface area contributed by atoms with Crippen LogP contribution in [0.25, 0.3) is 0 Å². The zero-order valence-corrected chi connectivity index (χ0v) is 8.43. The van der Waals surface area contributed by atoms with Crippen LogP contribution >= 0.6 is 15.9 Å². The topological polar surface area (TPSA) is 12.9 Å². The zero-order chi connectivity index (χ0) is 8.27. The van der Waals surface area contributed by atoms with E-state index in [4.69, 9.17) is 0 Å². The van der Waals surface area contributed by atoms with Gasteiger partial charge >= 0.3 is 0 Å². The fraction of sp³-hybridized carbons (Fsp3) is 0.444. The molecule has 0 saturated carbocycles. The summed E-state index contributed by atoms with van der Waals surface area (Å²) in [6, 6.07) is 2.08. The third kappa shape index (κ3) is 2.03. The van der Waals surface area contributed by atoms with Crippen LogP contribution < -0.4 is 0 Å². The molecule has 1 heterocycles. The van der Waals surface area contributed by atoms with Crippen molar-refractivity contribution in [2.75, 3.05) is 5.33 Å². The van der Waals surface area contributed by atoms with Crippen molar-refractivity contribution in [2.24, 2.45) is 0 Å². The smallest absolute Gasteiger partial charge is 0.0299 e. The number of hydrogen-bond donors (Lipinski definition) is 0. The molecule has 0 spiro atoms. The van der Waals surface area contributed by atoms with Crippen LogP contribution in [0.4, 0.5) is 0 Å². The Morgan fingerprint density at radius 1 is 1.64 bits per heavy atom. The number of rotatable bonds is 2. The molecule has 1 aromatic rings. The van der Waals surface area contributed by atoms with Crippen molar-refractivity contribution in [3.63, 3.8) is 0 Å². The molecule has 2 heteroatoms. The van der Waals surface area contributed by atoms with Gasteiger partial charge in [0.2, 0.25) is 0 Å². The van der Waals surface area contributed by atoms with E-state index in [1.165, 1.54) is 11.1 Å². The molecule has 0 aliphatic heterocycles.